The minimum absolute atomic E-state index is 0.133. The van der Waals surface area contributed by atoms with E-state index in [2.05, 4.69) is 31.2 Å². The Morgan fingerprint density at radius 1 is 1.16 bits per heavy atom. The lowest BCUT2D eigenvalue weighted by Gasteiger charge is -2.27. The van der Waals surface area contributed by atoms with Crippen LogP contribution in [0, 0.1) is 6.92 Å². The normalized spacial score (nSPS) is 17.8. The highest BCUT2D eigenvalue weighted by molar-refractivity contribution is 5.54. The van der Waals surface area contributed by atoms with E-state index in [0.29, 0.717) is 5.69 Å². The molecule has 0 radical (unpaired) electrons. The Morgan fingerprint density at radius 2 is 2.00 bits per heavy atom. The highest BCUT2D eigenvalue weighted by Gasteiger charge is 2.21. The Kier molecular flexibility index (Phi) is 3.16. The summed E-state index contributed by atoms with van der Waals surface area (Å²) in [6, 6.07) is 14.5. The first-order valence-electron chi connectivity index (χ1n) is 6.84. The molecule has 0 aliphatic heterocycles. The molecule has 98 valence electrons. The largest absolute Gasteiger partial charge is 0.484 e. The van der Waals surface area contributed by atoms with Crippen molar-refractivity contribution >= 4 is 5.69 Å². The molecular weight excluding hydrogens is 234 g/mol. The predicted octanol–water partition coefficient (Wildman–Crippen LogP) is 4.03. The molecule has 0 fully saturated rings. The number of anilines is 1. The molecule has 1 atom stereocenters. The predicted molar refractivity (Wildman–Crippen MR) is 78.3 cm³/mol. The summed E-state index contributed by atoms with van der Waals surface area (Å²) in [5.41, 5.74) is 10.6. The molecule has 0 bridgehead atoms. The highest BCUT2D eigenvalue weighted by Crippen LogP contribution is 2.35. The zero-order chi connectivity index (χ0) is 13.2. The molecule has 0 saturated carbocycles. The van der Waals surface area contributed by atoms with E-state index < -0.39 is 0 Å². The van der Waals surface area contributed by atoms with Gasteiger partial charge in [-0.25, -0.2) is 0 Å². The standard InChI is InChI=1S/C17H19NO/c1-12-9-10-15(18)17(11-12)19-16-8-4-6-13-5-2-3-7-14(13)16/h2-3,5,7,9-11,16H,4,6,8,18H2,1H3. The molecule has 2 aromatic carbocycles. The van der Waals surface area contributed by atoms with E-state index in [-0.39, 0.29) is 6.10 Å². The lowest BCUT2D eigenvalue weighted by atomic mass is 9.89. The van der Waals surface area contributed by atoms with Crippen molar-refractivity contribution in [3.63, 3.8) is 0 Å². The van der Waals surface area contributed by atoms with Gasteiger partial charge in [0.15, 0.2) is 0 Å². The molecule has 1 aliphatic carbocycles. The van der Waals surface area contributed by atoms with E-state index in [0.717, 1.165) is 18.6 Å². The molecule has 0 aromatic heterocycles. The van der Waals surface area contributed by atoms with E-state index in [1.54, 1.807) is 0 Å². The topological polar surface area (TPSA) is 35.2 Å². The number of nitrogen functional groups attached to an aromatic ring is 1. The summed E-state index contributed by atoms with van der Waals surface area (Å²) in [5, 5.41) is 0. The zero-order valence-electron chi connectivity index (χ0n) is 11.2. The summed E-state index contributed by atoms with van der Waals surface area (Å²) in [6.45, 7) is 2.06. The van der Waals surface area contributed by atoms with E-state index in [4.69, 9.17) is 10.5 Å². The molecule has 2 heteroatoms. The molecule has 3 rings (SSSR count). The molecule has 2 aromatic rings. The fourth-order valence-electron chi connectivity index (χ4n) is 2.73. The molecule has 19 heavy (non-hydrogen) atoms. The first-order valence-corrected chi connectivity index (χ1v) is 6.84. The van der Waals surface area contributed by atoms with E-state index >= 15 is 0 Å². The van der Waals surface area contributed by atoms with Crippen molar-refractivity contribution in [1.29, 1.82) is 0 Å². The van der Waals surface area contributed by atoms with Gasteiger partial charge in [-0.05, 0) is 55.0 Å². The van der Waals surface area contributed by atoms with Crippen molar-refractivity contribution in [3.8, 4) is 5.75 Å². The zero-order valence-corrected chi connectivity index (χ0v) is 11.2. The van der Waals surface area contributed by atoms with Gasteiger partial charge in [0.25, 0.3) is 0 Å². The van der Waals surface area contributed by atoms with Crippen LogP contribution < -0.4 is 10.5 Å². The van der Waals surface area contributed by atoms with Crippen molar-refractivity contribution < 1.29 is 4.74 Å². The van der Waals surface area contributed by atoms with Gasteiger partial charge in [-0.2, -0.15) is 0 Å². The monoisotopic (exact) mass is 253 g/mol. The van der Waals surface area contributed by atoms with Crippen LogP contribution in [0.25, 0.3) is 0 Å². The third-order valence-corrected chi connectivity index (χ3v) is 3.75. The molecule has 1 unspecified atom stereocenters. The summed E-state index contributed by atoms with van der Waals surface area (Å²) in [5.74, 6) is 0.807. The van der Waals surface area contributed by atoms with Gasteiger partial charge in [-0.1, -0.05) is 30.3 Å². The first-order chi connectivity index (χ1) is 9.24. The Labute approximate surface area is 114 Å². The van der Waals surface area contributed by atoms with Crippen LogP contribution in [0.4, 0.5) is 5.69 Å². The summed E-state index contributed by atoms with van der Waals surface area (Å²) in [7, 11) is 0. The fourth-order valence-corrected chi connectivity index (χ4v) is 2.73. The average molecular weight is 253 g/mol. The quantitative estimate of drug-likeness (QED) is 0.820. The fraction of sp³-hybridized carbons (Fsp3) is 0.294. The molecule has 1 aliphatic rings. The highest BCUT2D eigenvalue weighted by atomic mass is 16.5. The van der Waals surface area contributed by atoms with E-state index in [1.165, 1.54) is 23.1 Å². The molecule has 0 amide bonds. The van der Waals surface area contributed by atoms with Crippen molar-refractivity contribution in [2.24, 2.45) is 0 Å². The number of ether oxygens (including phenoxy) is 1. The van der Waals surface area contributed by atoms with Gasteiger partial charge in [0.1, 0.15) is 11.9 Å². The number of nitrogens with two attached hydrogens (primary N) is 1. The van der Waals surface area contributed by atoms with Crippen LogP contribution >= 0.6 is 0 Å². The van der Waals surface area contributed by atoms with Crippen LogP contribution in [-0.2, 0) is 6.42 Å². The molecular formula is C17H19NO. The van der Waals surface area contributed by atoms with Gasteiger partial charge >= 0.3 is 0 Å². The minimum atomic E-state index is 0.133. The number of rotatable bonds is 2. The van der Waals surface area contributed by atoms with Gasteiger partial charge in [-0.15, -0.1) is 0 Å². The molecule has 2 N–H and O–H groups in total. The van der Waals surface area contributed by atoms with Crippen LogP contribution in [-0.4, -0.2) is 0 Å². The molecule has 0 saturated heterocycles. The third-order valence-electron chi connectivity index (χ3n) is 3.75. The summed E-state index contributed by atoms with van der Waals surface area (Å²) < 4.78 is 6.17. The number of hydrogen-bond donors (Lipinski definition) is 1. The van der Waals surface area contributed by atoms with E-state index in [1.807, 2.05) is 18.2 Å². The van der Waals surface area contributed by atoms with Crippen LogP contribution in [0.1, 0.15) is 35.6 Å². The van der Waals surface area contributed by atoms with Gasteiger partial charge in [-0.3, -0.25) is 0 Å². The van der Waals surface area contributed by atoms with Crippen molar-refractivity contribution in [2.75, 3.05) is 5.73 Å². The van der Waals surface area contributed by atoms with Crippen LogP contribution in [0.5, 0.6) is 5.75 Å². The molecule has 2 nitrogen and oxygen atoms in total. The Hall–Kier alpha value is -1.96. The molecule has 0 heterocycles. The second kappa shape index (κ2) is 4.96. The minimum Gasteiger partial charge on any atom is -0.484 e. The van der Waals surface area contributed by atoms with Crippen LogP contribution in [0.15, 0.2) is 42.5 Å². The number of hydrogen-bond acceptors (Lipinski definition) is 2. The lowest BCUT2D eigenvalue weighted by Crippen LogP contribution is -2.15. The summed E-state index contributed by atoms with van der Waals surface area (Å²) in [6.07, 6.45) is 3.52. The Balaban J connectivity index is 1.90. The number of aryl methyl sites for hydroxylation is 2. The van der Waals surface area contributed by atoms with Crippen molar-refractivity contribution in [1.82, 2.24) is 0 Å². The second-order valence-electron chi connectivity index (χ2n) is 5.24. The third kappa shape index (κ3) is 2.43. The smallest absolute Gasteiger partial charge is 0.143 e. The summed E-state index contributed by atoms with van der Waals surface area (Å²) in [4.78, 5) is 0. The maximum absolute atomic E-state index is 6.17. The van der Waals surface area contributed by atoms with Gasteiger partial charge in [0.05, 0.1) is 5.69 Å². The Bertz CT molecular complexity index is 592. The lowest BCUT2D eigenvalue weighted by molar-refractivity contribution is 0.184. The maximum atomic E-state index is 6.17. The number of benzene rings is 2. The Morgan fingerprint density at radius 3 is 2.89 bits per heavy atom. The maximum Gasteiger partial charge on any atom is 0.143 e. The van der Waals surface area contributed by atoms with Crippen molar-refractivity contribution in [2.45, 2.75) is 32.3 Å². The van der Waals surface area contributed by atoms with Gasteiger partial charge < -0.3 is 10.5 Å². The van der Waals surface area contributed by atoms with Gasteiger partial charge in [0.2, 0.25) is 0 Å². The van der Waals surface area contributed by atoms with Crippen molar-refractivity contribution in [3.05, 3.63) is 59.2 Å². The van der Waals surface area contributed by atoms with Gasteiger partial charge in [0, 0.05) is 0 Å². The SMILES string of the molecule is Cc1ccc(N)c(OC2CCCc3ccccc32)c1. The van der Waals surface area contributed by atoms with Crippen LogP contribution in [0.2, 0.25) is 0 Å². The summed E-state index contributed by atoms with van der Waals surface area (Å²) >= 11 is 0. The first kappa shape index (κ1) is 12.1. The number of fused-ring (bicyclic) bond motifs is 1. The van der Waals surface area contributed by atoms with Crippen LogP contribution in [0.3, 0.4) is 0 Å². The average Bonchev–Trinajstić information content (AvgIpc) is 2.43. The molecule has 0 spiro atoms. The second-order valence-corrected chi connectivity index (χ2v) is 5.24. The van der Waals surface area contributed by atoms with E-state index in [9.17, 15) is 0 Å².